The van der Waals surface area contributed by atoms with Crippen molar-refractivity contribution in [3.63, 3.8) is 0 Å². The van der Waals surface area contributed by atoms with E-state index in [1.807, 2.05) is 11.1 Å². The number of H-pyrrole nitrogens is 1. The van der Waals surface area contributed by atoms with Crippen molar-refractivity contribution in [2.24, 2.45) is 5.73 Å². The summed E-state index contributed by atoms with van der Waals surface area (Å²) in [4.78, 5) is 45.0. The van der Waals surface area contributed by atoms with Crippen LogP contribution < -0.4 is 20.9 Å². The van der Waals surface area contributed by atoms with Gasteiger partial charge in [-0.2, -0.15) is 8.78 Å². The van der Waals surface area contributed by atoms with Gasteiger partial charge in [0.05, 0.1) is 22.8 Å². The van der Waals surface area contributed by atoms with E-state index >= 15 is 0 Å². The number of piperidine rings is 1. The zero-order valence-corrected chi connectivity index (χ0v) is 27.2. The molecule has 2 aromatic carbocycles. The number of hydrogen-bond acceptors (Lipinski definition) is 7. The van der Waals surface area contributed by atoms with E-state index in [9.17, 15) is 23.2 Å². The summed E-state index contributed by atoms with van der Waals surface area (Å²) >= 11 is 21.9. The molecule has 232 valence electrons. The summed E-state index contributed by atoms with van der Waals surface area (Å²) in [6, 6.07) is 7.70. The van der Waals surface area contributed by atoms with Crippen molar-refractivity contribution in [3.8, 4) is 5.75 Å². The Morgan fingerprint density at radius 2 is 1.84 bits per heavy atom. The first-order valence-corrected chi connectivity index (χ1v) is 15.6. The molecule has 0 saturated carbocycles. The van der Waals surface area contributed by atoms with Crippen LogP contribution in [0.15, 0.2) is 44.9 Å². The molecular formula is C28H26BCl3F2N4O4S2. The third-order valence-electron chi connectivity index (χ3n) is 7.20. The number of ether oxygens (including phenoxy) is 1. The number of aromatic nitrogens is 1. The van der Waals surface area contributed by atoms with Gasteiger partial charge in [-0.15, -0.1) is 0 Å². The summed E-state index contributed by atoms with van der Waals surface area (Å²) in [6.07, 6.45) is 2.12. The van der Waals surface area contributed by atoms with Gasteiger partial charge >= 0.3 is 5.38 Å². The van der Waals surface area contributed by atoms with Crippen LogP contribution in [0.2, 0.25) is 10.0 Å². The van der Waals surface area contributed by atoms with Crippen LogP contribution in [0.25, 0.3) is 0 Å². The molecule has 44 heavy (non-hydrogen) atoms. The number of carbonyl (C=O) groups excluding carboxylic acids is 2. The van der Waals surface area contributed by atoms with Crippen LogP contribution in [-0.2, 0) is 29.8 Å². The Labute approximate surface area is 278 Å². The molecule has 2 radical (unpaired) electrons. The van der Waals surface area contributed by atoms with Gasteiger partial charge in [-0.05, 0) is 65.4 Å². The van der Waals surface area contributed by atoms with Crippen LogP contribution in [0.4, 0.5) is 14.5 Å². The number of amides is 2. The van der Waals surface area contributed by atoms with Gasteiger partial charge in [0.1, 0.15) is 17.0 Å². The van der Waals surface area contributed by atoms with Crippen LogP contribution >= 0.6 is 59.0 Å². The fraction of sp³-hybridized carbons (Fsp3) is 0.321. The molecule has 3 heterocycles. The number of carbonyl (C=O) groups is 2. The number of nitrogens with one attached hydrogen (secondary N) is 1. The van der Waals surface area contributed by atoms with Crippen molar-refractivity contribution < 1.29 is 23.1 Å². The highest BCUT2D eigenvalue weighted by atomic mass is 35.5. The molecule has 2 amide bonds. The smallest absolute Gasteiger partial charge is 0.362 e. The molecule has 1 aromatic heterocycles. The maximum atomic E-state index is 14.1. The number of methoxy groups -OCH3 is 1. The van der Waals surface area contributed by atoms with E-state index in [4.69, 9.17) is 45.3 Å². The van der Waals surface area contributed by atoms with Crippen molar-refractivity contribution in [3.05, 3.63) is 78.7 Å². The molecule has 1 saturated heterocycles. The zero-order valence-electron chi connectivity index (χ0n) is 23.3. The van der Waals surface area contributed by atoms with Gasteiger partial charge in [0, 0.05) is 42.4 Å². The molecule has 3 aromatic rings. The number of nitrogens with zero attached hydrogens (tertiary/aromatic N) is 2. The SMILES string of the molecule is COc1cc2c(cc1N1CCCCC1=O)CN(C(=O)c1c(Sc3c(Cl)ccc(CN)c3Cl)cc(C(F)(F)Cl)[nH]c1=O)C2.[B]S. The monoisotopic (exact) mass is 700 g/mol. The number of benzene rings is 2. The summed E-state index contributed by atoms with van der Waals surface area (Å²) in [5, 5.41) is -3.56. The van der Waals surface area contributed by atoms with E-state index in [2.05, 4.69) is 19.6 Å². The van der Waals surface area contributed by atoms with Crippen LogP contribution in [-0.4, -0.2) is 42.5 Å². The third-order valence-corrected chi connectivity index (χ3v) is 9.55. The lowest BCUT2D eigenvalue weighted by Gasteiger charge is -2.28. The Hall–Kier alpha value is -2.42. The quantitative estimate of drug-likeness (QED) is 0.153. The summed E-state index contributed by atoms with van der Waals surface area (Å²) in [6.45, 7) is 0.880. The highest BCUT2D eigenvalue weighted by Gasteiger charge is 2.35. The van der Waals surface area contributed by atoms with Crippen LogP contribution in [0.5, 0.6) is 5.75 Å². The molecule has 0 bridgehead atoms. The topological polar surface area (TPSA) is 109 Å². The number of halogens is 5. The summed E-state index contributed by atoms with van der Waals surface area (Å²) < 4.78 is 33.8. The second-order valence-electron chi connectivity index (χ2n) is 9.86. The minimum Gasteiger partial charge on any atom is -0.495 e. The fourth-order valence-electron chi connectivity index (χ4n) is 5.06. The van der Waals surface area contributed by atoms with Gasteiger partial charge in [0.15, 0.2) is 7.12 Å². The lowest BCUT2D eigenvalue weighted by Crippen LogP contribution is -2.35. The second kappa shape index (κ2) is 14.3. The maximum Gasteiger partial charge on any atom is 0.362 e. The molecule has 2 aliphatic rings. The molecule has 5 rings (SSSR count). The van der Waals surface area contributed by atoms with E-state index in [1.165, 1.54) is 12.0 Å². The Morgan fingerprint density at radius 1 is 1.16 bits per heavy atom. The first-order valence-electron chi connectivity index (χ1n) is 13.2. The number of hydrogen-bond donors (Lipinski definition) is 3. The van der Waals surface area contributed by atoms with E-state index in [1.54, 1.807) is 23.1 Å². The van der Waals surface area contributed by atoms with Gasteiger partial charge < -0.3 is 25.3 Å². The molecule has 8 nitrogen and oxygen atoms in total. The zero-order chi connectivity index (χ0) is 32.3. The first kappa shape index (κ1) is 34.5. The number of anilines is 1. The Balaban J connectivity index is 0.00000216. The average molecular weight is 702 g/mol. The normalized spacial score (nSPS) is 14.7. The first-order chi connectivity index (χ1) is 20.9. The molecule has 0 spiro atoms. The molecular weight excluding hydrogens is 676 g/mol. The van der Waals surface area contributed by atoms with Crippen LogP contribution in [0.3, 0.4) is 0 Å². The van der Waals surface area contributed by atoms with Gasteiger partial charge in [0.2, 0.25) is 5.91 Å². The average Bonchev–Trinajstić information content (AvgIpc) is 3.42. The number of aromatic amines is 1. The van der Waals surface area contributed by atoms with Crippen molar-refractivity contribution in [2.45, 2.75) is 54.1 Å². The van der Waals surface area contributed by atoms with Crippen molar-refractivity contribution >= 4 is 83.7 Å². The summed E-state index contributed by atoms with van der Waals surface area (Å²) in [5.41, 5.74) is 6.14. The van der Waals surface area contributed by atoms with Crippen LogP contribution in [0, 0.1) is 0 Å². The molecule has 0 unspecified atom stereocenters. The minimum atomic E-state index is -3.91. The molecule has 2 aliphatic heterocycles. The summed E-state index contributed by atoms with van der Waals surface area (Å²) in [7, 11) is 5.70. The van der Waals surface area contributed by atoms with Gasteiger partial charge in [-0.25, -0.2) is 12.5 Å². The lowest BCUT2D eigenvalue weighted by molar-refractivity contribution is -0.119. The van der Waals surface area contributed by atoms with Gasteiger partial charge in [-0.1, -0.05) is 41.0 Å². The van der Waals surface area contributed by atoms with Gasteiger partial charge in [0.25, 0.3) is 11.5 Å². The van der Waals surface area contributed by atoms with Crippen LogP contribution in [0.1, 0.15) is 52.0 Å². The third kappa shape index (κ3) is 7.03. The minimum absolute atomic E-state index is 0.00848. The van der Waals surface area contributed by atoms with Crippen molar-refractivity contribution in [1.82, 2.24) is 9.88 Å². The second-order valence-corrected chi connectivity index (χ2v) is 12.2. The highest BCUT2D eigenvalue weighted by molar-refractivity contribution is 8.03. The fourth-order valence-corrected chi connectivity index (χ4v) is 6.90. The number of rotatable bonds is 7. The van der Waals surface area contributed by atoms with E-state index in [0.29, 0.717) is 30.0 Å². The number of nitrogens with two attached hydrogens (primary N) is 1. The Kier molecular flexibility index (Phi) is 11.2. The van der Waals surface area contributed by atoms with Crippen molar-refractivity contribution in [1.29, 1.82) is 0 Å². The number of thiol groups is 1. The van der Waals surface area contributed by atoms with Gasteiger partial charge in [-0.3, -0.25) is 14.4 Å². The molecule has 16 heteroatoms. The number of pyridine rings is 1. The van der Waals surface area contributed by atoms with Crippen molar-refractivity contribution in [2.75, 3.05) is 18.6 Å². The number of fused-ring (bicyclic) bond motifs is 1. The molecule has 0 aliphatic carbocycles. The molecule has 1 fully saturated rings. The lowest BCUT2D eigenvalue weighted by atomic mass is 10.0. The molecule has 0 atom stereocenters. The summed E-state index contributed by atoms with van der Waals surface area (Å²) in [5.74, 6) is -0.216. The largest absolute Gasteiger partial charge is 0.495 e. The predicted molar refractivity (Wildman–Crippen MR) is 173 cm³/mol. The van der Waals surface area contributed by atoms with E-state index < -0.39 is 22.5 Å². The van der Waals surface area contributed by atoms with E-state index in [-0.39, 0.29) is 50.9 Å². The standard InChI is InChI=1S/C28H25Cl3F2N4O4S.BHS/c1-41-19-9-16-13-36(12-15(16)8-18(19)37-7-3-2-4-22(37)38)27(40)23-20(10-21(28(31,32)33)35-26(23)39)42-25-17(29)6-5-14(11-34)24(25)30;1-2/h5-6,8-10H,2-4,7,11-13,34H2,1H3,(H,35,39);2H. The van der Waals surface area contributed by atoms with E-state index in [0.717, 1.165) is 41.8 Å². The Bertz CT molecular complexity index is 1660. The number of alkyl halides is 3. The predicted octanol–water partition coefficient (Wildman–Crippen LogP) is 6.26. The Morgan fingerprint density at radius 3 is 2.45 bits per heavy atom. The highest BCUT2D eigenvalue weighted by Crippen LogP contribution is 2.43. The molecule has 3 N–H and O–H groups in total. The maximum absolute atomic E-state index is 14.1.